The van der Waals surface area contributed by atoms with Gasteiger partial charge in [0.1, 0.15) is 0 Å². The fourth-order valence-corrected chi connectivity index (χ4v) is 2.94. The van der Waals surface area contributed by atoms with Crippen LogP contribution in [0.2, 0.25) is 0 Å². The molecule has 0 N–H and O–H groups in total. The van der Waals surface area contributed by atoms with Crippen molar-refractivity contribution in [2.24, 2.45) is 12.2 Å². The number of allylic oxidation sites excluding steroid dienone is 4. The average molecular weight is 308 g/mol. The van der Waals surface area contributed by atoms with Gasteiger partial charge in [0, 0.05) is 42.6 Å². The van der Waals surface area contributed by atoms with Crippen molar-refractivity contribution in [3.63, 3.8) is 0 Å². The molecule has 0 saturated heterocycles. The molecule has 0 fully saturated rings. The topological polar surface area (TPSA) is 43.6 Å². The van der Waals surface area contributed by atoms with Gasteiger partial charge in [-0.3, -0.25) is 0 Å². The molecule has 1 heterocycles. The van der Waals surface area contributed by atoms with Gasteiger partial charge in [-0.25, -0.2) is 4.79 Å². The van der Waals surface area contributed by atoms with Crippen molar-refractivity contribution in [2.45, 2.75) is 26.2 Å². The number of hydrogen-bond acceptors (Lipinski definition) is 3. The van der Waals surface area contributed by atoms with Gasteiger partial charge in [0.2, 0.25) is 0 Å². The molecular weight excluding hydrogens is 288 g/mol. The van der Waals surface area contributed by atoms with E-state index in [2.05, 4.69) is 52.2 Å². The average Bonchev–Trinajstić information content (AvgIpc) is 2.90. The van der Waals surface area contributed by atoms with E-state index in [9.17, 15) is 4.79 Å². The van der Waals surface area contributed by atoms with Crippen LogP contribution in [-0.4, -0.2) is 16.2 Å². The Kier molecular flexibility index (Phi) is 4.15. The summed E-state index contributed by atoms with van der Waals surface area (Å²) in [6.45, 7) is 3.20. The Labute approximate surface area is 135 Å². The van der Waals surface area contributed by atoms with Crippen LogP contribution >= 0.6 is 0 Å². The van der Waals surface area contributed by atoms with Crippen LogP contribution in [0.1, 0.15) is 37.3 Å². The fourth-order valence-electron chi connectivity index (χ4n) is 2.94. The van der Waals surface area contributed by atoms with Gasteiger partial charge >= 0.3 is 5.97 Å². The third-order valence-corrected chi connectivity index (χ3v) is 4.12. The standard InChI is InChI=1S/C19H20N2O2/c1-13(20-23-14(2)22)18-12-21(3)19-10-9-16(11-17(18)19)15-7-5-4-6-8-15/h4-7,9-12,15H,8H2,1-3H3/b20-13+. The van der Waals surface area contributed by atoms with E-state index >= 15 is 0 Å². The van der Waals surface area contributed by atoms with Crippen LogP contribution in [0.5, 0.6) is 0 Å². The predicted octanol–water partition coefficient (Wildman–Crippen LogP) is 4.07. The SMILES string of the molecule is CC(=O)O/N=C(\C)c1cn(C)c2ccc(C3C=CC=CC3)cc12. The number of carbonyl (C=O) groups is 1. The summed E-state index contributed by atoms with van der Waals surface area (Å²) in [5.74, 6) is -0.00687. The molecule has 1 aromatic heterocycles. The van der Waals surface area contributed by atoms with Crippen LogP contribution in [0.3, 0.4) is 0 Å². The zero-order valence-electron chi connectivity index (χ0n) is 13.6. The number of nitrogens with zero attached hydrogens (tertiary/aromatic N) is 2. The summed E-state index contributed by atoms with van der Waals surface area (Å²) in [5, 5.41) is 5.05. The molecule has 1 aliphatic carbocycles. The second-order valence-corrected chi connectivity index (χ2v) is 5.85. The van der Waals surface area contributed by atoms with Crippen LogP contribution in [0.15, 0.2) is 53.9 Å². The van der Waals surface area contributed by atoms with Crippen LogP contribution in [0, 0.1) is 0 Å². The number of fused-ring (bicyclic) bond motifs is 1. The van der Waals surface area contributed by atoms with Crippen molar-refractivity contribution < 1.29 is 9.63 Å². The molecule has 0 spiro atoms. The molecule has 1 atom stereocenters. The molecule has 1 aliphatic rings. The number of carbonyl (C=O) groups excluding carboxylic acids is 1. The molecule has 118 valence electrons. The van der Waals surface area contributed by atoms with Crippen molar-refractivity contribution >= 4 is 22.6 Å². The van der Waals surface area contributed by atoms with Crippen LogP contribution in [-0.2, 0) is 16.7 Å². The summed E-state index contributed by atoms with van der Waals surface area (Å²) in [4.78, 5) is 15.7. The van der Waals surface area contributed by atoms with Gasteiger partial charge in [-0.1, -0.05) is 35.5 Å². The van der Waals surface area contributed by atoms with Crippen molar-refractivity contribution in [3.8, 4) is 0 Å². The van der Waals surface area contributed by atoms with Gasteiger partial charge in [-0.2, -0.15) is 0 Å². The Bertz CT molecular complexity index is 840. The molecule has 1 unspecified atom stereocenters. The molecule has 4 heteroatoms. The molecule has 4 nitrogen and oxygen atoms in total. The first kappa shape index (κ1) is 15.3. The van der Waals surface area contributed by atoms with E-state index in [1.165, 1.54) is 12.5 Å². The normalized spacial score (nSPS) is 17.7. The molecule has 23 heavy (non-hydrogen) atoms. The third kappa shape index (κ3) is 3.11. The lowest BCUT2D eigenvalue weighted by Gasteiger charge is -2.14. The van der Waals surface area contributed by atoms with Crippen LogP contribution in [0.4, 0.5) is 0 Å². The summed E-state index contributed by atoms with van der Waals surface area (Å²) in [6, 6.07) is 6.53. The molecule has 0 saturated carbocycles. The van der Waals surface area contributed by atoms with E-state index in [0.717, 1.165) is 22.9 Å². The Hall–Kier alpha value is -2.62. The quantitative estimate of drug-likeness (QED) is 0.487. The minimum Gasteiger partial charge on any atom is -0.350 e. The van der Waals surface area contributed by atoms with Gasteiger partial charge in [0.15, 0.2) is 0 Å². The predicted molar refractivity (Wildman–Crippen MR) is 92.5 cm³/mol. The van der Waals surface area contributed by atoms with Crippen LogP contribution < -0.4 is 0 Å². The number of aromatic nitrogens is 1. The van der Waals surface area contributed by atoms with Crippen molar-refractivity contribution in [3.05, 3.63) is 59.8 Å². The molecule has 0 aliphatic heterocycles. The van der Waals surface area contributed by atoms with Gasteiger partial charge in [-0.05, 0) is 31.0 Å². The van der Waals surface area contributed by atoms with E-state index < -0.39 is 5.97 Å². The van der Waals surface area contributed by atoms with Gasteiger partial charge in [0.05, 0.1) is 5.71 Å². The van der Waals surface area contributed by atoms with Crippen molar-refractivity contribution in [1.82, 2.24) is 4.57 Å². The largest absolute Gasteiger partial charge is 0.350 e. The second kappa shape index (κ2) is 6.24. The summed E-state index contributed by atoms with van der Waals surface area (Å²) in [6.07, 6.45) is 11.6. The lowest BCUT2D eigenvalue weighted by atomic mass is 9.91. The first-order valence-electron chi connectivity index (χ1n) is 7.71. The van der Waals surface area contributed by atoms with Crippen molar-refractivity contribution in [2.75, 3.05) is 0 Å². The van der Waals surface area contributed by atoms with Crippen LogP contribution in [0.25, 0.3) is 10.9 Å². The van der Waals surface area contributed by atoms with E-state index in [1.807, 2.05) is 20.2 Å². The van der Waals surface area contributed by atoms with Crippen molar-refractivity contribution in [1.29, 1.82) is 0 Å². The third-order valence-electron chi connectivity index (χ3n) is 4.12. The number of oxime groups is 1. The molecule has 0 amide bonds. The molecule has 0 radical (unpaired) electrons. The Morgan fingerprint density at radius 1 is 1.30 bits per heavy atom. The van der Waals surface area contributed by atoms with Gasteiger partial charge in [-0.15, -0.1) is 0 Å². The lowest BCUT2D eigenvalue weighted by molar-refractivity contribution is -0.140. The number of benzene rings is 1. The number of aryl methyl sites for hydroxylation is 1. The highest BCUT2D eigenvalue weighted by atomic mass is 16.7. The first-order chi connectivity index (χ1) is 11.1. The maximum atomic E-state index is 11.0. The smallest absolute Gasteiger partial charge is 0.331 e. The maximum Gasteiger partial charge on any atom is 0.331 e. The fraction of sp³-hybridized carbons (Fsp3) is 0.263. The molecule has 2 aromatic rings. The second-order valence-electron chi connectivity index (χ2n) is 5.85. The highest BCUT2D eigenvalue weighted by Crippen LogP contribution is 2.30. The van der Waals surface area contributed by atoms with E-state index in [4.69, 9.17) is 4.84 Å². The van der Waals surface area contributed by atoms with E-state index in [1.54, 1.807) is 0 Å². The summed E-state index contributed by atoms with van der Waals surface area (Å²) in [5.41, 5.74) is 4.10. The van der Waals surface area contributed by atoms with Gasteiger partial charge < -0.3 is 9.40 Å². The monoisotopic (exact) mass is 308 g/mol. The minimum atomic E-state index is -0.413. The Balaban J connectivity index is 2.04. The Morgan fingerprint density at radius 2 is 2.13 bits per heavy atom. The summed E-state index contributed by atoms with van der Waals surface area (Å²) in [7, 11) is 2.01. The molecule has 1 aromatic carbocycles. The highest BCUT2D eigenvalue weighted by molar-refractivity contribution is 6.09. The molecule has 3 rings (SSSR count). The zero-order chi connectivity index (χ0) is 16.4. The summed E-state index contributed by atoms with van der Waals surface area (Å²) < 4.78 is 2.07. The summed E-state index contributed by atoms with van der Waals surface area (Å²) >= 11 is 0. The number of hydrogen-bond donors (Lipinski definition) is 0. The zero-order valence-corrected chi connectivity index (χ0v) is 13.6. The maximum absolute atomic E-state index is 11.0. The molecular formula is C19H20N2O2. The highest BCUT2D eigenvalue weighted by Gasteiger charge is 2.14. The Morgan fingerprint density at radius 3 is 2.83 bits per heavy atom. The van der Waals surface area contributed by atoms with E-state index in [0.29, 0.717) is 11.6 Å². The molecule has 0 bridgehead atoms. The lowest BCUT2D eigenvalue weighted by Crippen LogP contribution is -1.99. The number of rotatable bonds is 3. The van der Waals surface area contributed by atoms with Gasteiger partial charge in [0.25, 0.3) is 0 Å². The first-order valence-corrected chi connectivity index (χ1v) is 7.71. The van der Waals surface area contributed by atoms with E-state index in [-0.39, 0.29) is 0 Å². The minimum absolute atomic E-state index is 0.406.